The van der Waals surface area contributed by atoms with E-state index in [1.165, 1.54) is 37.1 Å². The molecule has 0 atom stereocenters. The van der Waals surface area contributed by atoms with Crippen molar-refractivity contribution in [2.75, 3.05) is 25.2 Å². The minimum absolute atomic E-state index is 0.0215. The van der Waals surface area contributed by atoms with Gasteiger partial charge < -0.3 is 19.9 Å². The minimum atomic E-state index is -2.99. The van der Waals surface area contributed by atoms with Gasteiger partial charge in [-0.3, -0.25) is 9.59 Å². The van der Waals surface area contributed by atoms with Crippen LogP contribution in [0.1, 0.15) is 10.4 Å². The fourth-order valence-electron chi connectivity index (χ4n) is 1.50. The lowest BCUT2D eigenvalue weighted by Crippen LogP contribution is -2.26. The summed E-state index contributed by atoms with van der Waals surface area (Å²) in [7, 11) is 1.28. The molecule has 0 unspecified atom stereocenters. The first kappa shape index (κ1) is 18.0. The van der Waals surface area contributed by atoms with Crippen LogP contribution in [0.5, 0.6) is 11.5 Å². The Bertz CT molecular complexity index is 527. The van der Waals surface area contributed by atoms with Crippen molar-refractivity contribution in [2.24, 2.45) is 0 Å². The van der Waals surface area contributed by atoms with Gasteiger partial charge in [0.2, 0.25) is 0 Å². The van der Waals surface area contributed by atoms with E-state index in [1.54, 1.807) is 0 Å². The monoisotopic (exact) mass is 335 g/mol. The standard InChI is InChI=1S/C13H15F2NO5S/c1-20-10-6-8(2-3-9(10)21-13(14)15)12(19)16-4-5-22-7-11(17)18/h2-3,6,13H,4-5,7H2,1H3,(H,16,19)(H,17,18). The van der Waals surface area contributed by atoms with Gasteiger partial charge >= 0.3 is 12.6 Å². The maximum Gasteiger partial charge on any atom is 0.387 e. The third-order valence-corrected chi connectivity index (χ3v) is 3.34. The molecule has 0 aliphatic heterocycles. The van der Waals surface area contributed by atoms with Crippen LogP contribution in [0.2, 0.25) is 0 Å². The minimum Gasteiger partial charge on any atom is -0.493 e. The first-order valence-corrected chi connectivity index (χ1v) is 7.30. The Balaban J connectivity index is 2.56. The molecule has 0 fully saturated rings. The smallest absolute Gasteiger partial charge is 0.387 e. The van der Waals surface area contributed by atoms with Crippen LogP contribution in [-0.4, -0.2) is 48.8 Å². The summed E-state index contributed by atoms with van der Waals surface area (Å²) in [5.41, 5.74) is 0.224. The maximum atomic E-state index is 12.2. The molecule has 0 aromatic heterocycles. The molecule has 1 rings (SSSR count). The fraction of sp³-hybridized carbons (Fsp3) is 0.385. The third-order valence-electron chi connectivity index (χ3n) is 2.40. The summed E-state index contributed by atoms with van der Waals surface area (Å²) < 4.78 is 33.5. The Morgan fingerprint density at radius 3 is 2.68 bits per heavy atom. The number of hydrogen-bond donors (Lipinski definition) is 2. The van der Waals surface area contributed by atoms with E-state index in [-0.39, 0.29) is 29.4 Å². The average molecular weight is 335 g/mol. The lowest BCUT2D eigenvalue weighted by atomic mass is 10.2. The molecular formula is C13H15F2NO5S. The van der Waals surface area contributed by atoms with Crippen molar-refractivity contribution in [3.8, 4) is 11.5 Å². The Morgan fingerprint density at radius 1 is 1.36 bits per heavy atom. The molecule has 0 saturated heterocycles. The number of carboxylic acids is 1. The molecule has 2 N–H and O–H groups in total. The Hall–Kier alpha value is -2.03. The van der Waals surface area contributed by atoms with Crippen molar-refractivity contribution >= 4 is 23.6 Å². The molecule has 1 aromatic carbocycles. The highest BCUT2D eigenvalue weighted by atomic mass is 32.2. The van der Waals surface area contributed by atoms with Gasteiger partial charge in [-0.25, -0.2) is 0 Å². The molecule has 1 aromatic rings. The SMILES string of the molecule is COc1cc(C(=O)NCCSCC(=O)O)ccc1OC(F)F. The lowest BCUT2D eigenvalue weighted by Gasteiger charge is -2.11. The molecule has 0 aliphatic carbocycles. The van der Waals surface area contributed by atoms with E-state index in [1.807, 2.05) is 0 Å². The van der Waals surface area contributed by atoms with Crippen LogP contribution < -0.4 is 14.8 Å². The summed E-state index contributed by atoms with van der Waals surface area (Å²) >= 11 is 1.17. The molecule has 122 valence electrons. The Morgan fingerprint density at radius 2 is 2.09 bits per heavy atom. The molecule has 9 heteroatoms. The maximum absolute atomic E-state index is 12.2. The van der Waals surface area contributed by atoms with Crippen LogP contribution in [0.25, 0.3) is 0 Å². The summed E-state index contributed by atoms with van der Waals surface area (Å²) in [5, 5.41) is 11.0. The van der Waals surface area contributed by atoms with Gasteiger partial charge in [-0.1, -0.05) is 0 Å². The van der Waals surface area contributed by atoms with E-state index in [0.29, 0.717) is 5.75 Å². The zero-order chi connectivity index (χ0) is 16.5. The fourth-order valence-corrected chi connectivity index (χ4v) is 2.07. The second-order valence-electron chi connectivity index (χ2n) is 3.95. The number of aliphatic carboxylic acids is 1. The van der Waals surface area contributed by atoms with Crippen LogP contribution in [0.3, 0.4) is 0 Å². The molecule has 0 saturated carbocycles. The van der Waals surface area contributed by atoms with Gasteiger partial charge in [0.05, 0.1) is 12.9 Å². The number of benzene rings is 1. The predicted octanol–water partition coefficient (Wildman–Crippen LogP) is 1.84. The summed E-state index contributed by atoms with van der Waals surface area (Å²) in [5.74, 6) is -1.07. The number of nitrogens with one attached hydrogen (secondary N) is 1. The normalized spacial score (nSPS) is 10.4. The number of carbonyl (C=O) groups excluding carboxylic acids is 1. The molecule has 0 bridgehead atoms. The van der Waals surface area contributed by atoms with E-state index in [9.17, 15) is 18.4 Å². The van der Waals surface area contributed by atoms with Crippen molar-refractivity contribution in [1.29, 1.82) is 0 Å². The van der Waals surface area contributed by atoms with E-state index >= 15 is 0 Å². The van der Waals surface area contributed by atoms with Crippen LogP contribution in [0.15, 0.2) is 18.2 Å². The number of hydrogen-bond acceptors (Lipinski definition) is 5. The number of methoxy groups -OCH3 is 1. The van der Waals surface area contributed by atoms with E-state index in [2.05, 4.69) is 10.1 Å². The van der Waals surface area contributed by atoms with Gasteiger partial charge in [0.15, 0.2) is 11.5 Å². The van der Waals surface area contributed by atoms with Crippen molar-refractivity contribution < 1.29 is 33.0 Å². The number of amides is 1. The van der Waals surface area contributed by atoms with Gasteiger partial charge in [0.1, 0.15) is 0 Å². The van der Waals surface area contributed by atoms with Crippen LogP contribution in [0, 0.1) is 0 Å². The number of alkyl halides is 2. The predicted molar refractivity (Wildman–Crippen MR) is 76.9 cm³/mol. The second kappa shape index (κ2) is 9.08. The molecule has 0 radical (unpaired) electrons. The second-order valence-corrected chi connectivity index (χ2v) is 5.05. The Labute approximate surface area is 129 Å². The highest BCUT2D eigenvalue weighted by molar-refractivity contribution is 7.99. The Kier molecular flexibility index (Phi) is 7.44. The summed E-state index contributed by atoms with van der Waals surface area (Å²) in [6.07, 6.45) is 0. The third kappa shape index (κ3) is 6.17. The van der Waals surface area contributed by atoms with E-state index in [0.717, 1.165) is 0 Å². The number of carboxylic acid groups (broad SMARTS) is 1. The molecule has 1 amide bonds. The molecule has 0 aliphatic rings. The number of thioether (sulfide) groups is 1. The zero-order valence-electron chi connectivity index (χ0n) is 11.7. The molecule has 22 heavy (non-hydrogen) atoms. The van der Waals surface area contributed by atoms with Gasteiger partial charge in [-0.2, -0.15) is 8.78 Å². The van der Waals surface area contributed by atoms with Gasteiger partial charge in [-0.05, 0) is 18.2 Å². The molecule has 0 spiro atoms. The first-order chi connectivity index (χ1) is 10.4. The topological polar surface area (TPSA) is 84.9 Å². The van der Waals surface area contributed by atoms with Crippen molar-refractivity contribution in [1.82, 2.24) is 5.32 Å². The van der Waals surface area contributed by atoms with E-state index in [4.69, 9.17) is 9.84 Å². The lowest BCUT2D eigenvalue weighted by molar-refractivity contribution is -0.133. The van der Waals surface area contributed by atoms with Crippen molar-refractivity contribution in [2.45, 2.75) is 6.61 Å². The van der Waals surface area contributed by atoms with Crippen molar-refractivity contribution in [3.05, 3.63) is 23.8 Å². The largest absolute Gasteiger partial charge is 0.493 e. The summed E-state index contributed by atoms with van der Waals surface area (Å²) in [6, 6.07) is 3.84. The zero-order valence-corrected chi connectivity index (χ0v) is 12.5. The molecular weight excluding hydrogens is 320 g/mol. The molecule has 0 heterocycles. The number of carbonyl (C=O) groups is 2. The quantitative estimate of drug-likeness (QED) is 0.670. The van der Waals surface area contributed by atoms with Crippen LogP contribution in [-0.2, 0) is 4.79 Å². The van der Waals surface area contributed by atoms with Gasteiger partial charge in [0.25, 0.3) is 5.91 Å². The van der Waals surface area contributed by atoms with Crippen molar-refractivity contribution in [3.63, 3.8) is 0 Å². The highest BCUT2D eigenvalue weighted by Crippen LogP contribution is 2.29. The van der Waals surface area contributed by atoms with Crippen LogP contribution in [0.4, 0.5) is 8.78 Å². The van der Waals surface area contributed by atoms with Gasteiger partial charge in [-0.15, -0.1) is 11.8 Å². The number of ether oxygens (including phenoxy) is 2. The molecule has 6 nitrogen and oxygen atoms in total. The van der Waals surface area contributed by atoms with E-state index < -0.39 is 18.5 Å². The highest BCUT2D eigenvalue weighted by Gasteiger charge is 2.14. The number of halogens is 2. The average Bonchev–Trinajstić information content (AvgIpc) is 2.46. The van der Waals surface area contributed by atoms with Gasteiger partial charge in [0, 0.05) is 17.9 Å². The summed E-state index contributed by atoms with van der Waals surface area (Å²) in [6.45, 7) is -2.70. The summed E-state index contributed by atoms with van der Waals surface area (Å²) in [4.78, 5) is 22.2. The first-order valence-electron chi connectivity index (χ1n) is 6.14. The van der Waals surface area contributed by atoms with Crippen LogP contribution >= 0.6 is 11.8 Å². The number of rotatable bonds is 9.